The van der Waals surface area contributed by atoms with Crippen LogP contribution in [-0.2, 0) is 9.90 Å². The molecule has 1 radical (unpaired) electrons. The van der Waals surface area contributed by atoms with E-state index < -0.39 is 5.97 Å². The molecule has 0 aromatic rings. The van der Waals surface area contributed by atoms with E-state index in [0.29, 0.717) is 0 Å². The van der Waals surface area contributed by atoms with Crippen molar-refractivity contribution in [2.75, 3.05) is 31.1 Å². The Kier molecular flexibility index (Phi) is 7.29. The zero-order valence-electron chi connectivity index (χ0n) is 7.71. The SMILES string of the molecule is CCN(CC)CCSCC([O])=O. The van der Waals surface area contributed by atoms with Crippen LogP contribution in [-0.4, -0.2) is 42.0 Å². The molecule has 0 unspecified atom stereocenters. The molecule has 0 atom stereocenters. The molecule has 0 aliphatic rings. The van der Waals surface area contributed by atoms with Gasteiger partial charge in [0.1, 0.15) is 0 Å². The van der Waals surface area contributed by atoms with Crippen LogP contribution < -0.4 is 0 Å². The van der Waals surface area contributed by atoms with Gasteiger partial charge in [0.2, 0.25) is 0 Å². The van der Waals surface area contributed by atoms with E-state index in [1.807, 2.05) is 0 Å². The third-order valence-corrected chi connectivity index (χ3v) is 2.58. The van der Waals surface area contributed by atoms with Crippen molar-refractivity contribution in [1.29, 1.82) is 0 Å². The Balaban J connectivity index is 3.23. The van der Waals surface area contributed by atoms with Gasteiger partial charge < -0.3 is 4.90 Å². The second-order valence-electron chi connectivity index (χ2n) is 2.45. The van der Waals surface area contributed by atoms with Crippen LogP contribution in [0, 0.1) is 0 Å². The fourth-order valence-electron chi connectivity index (χ4n) is 0.889. The molecule has 0 aromatic carbocycles. The van der Waals surface area contributed by atoms with Crippen molar-refractivity contribution < 1.29 is 9.90 Å². The number of rotatable bonds is 7. The Labute approximate surface area is 78.1 Å². The monoisotopic (exact) mass is 190 g/mol. The van der Waals surface area contributed by atoms with Crippen LogP contribution in [0.5, 0.6) is 0 Å². The van der Waals surface area contributed by atoms with Crippen LogP contribution in [0.2, 0.25) is 0 Å². The Morgan fingerprint density at radius 2 is 1.92 bits per heavy atom. The lowest BCUT2D eigenvalue weighted by molar-refractivity contribution is -0.139. The van der Waals surface area contributed by atoms with Crippen LogP contribution in [0.25, 0.3) is 0 Å². The number of nitrogens with zero attached hydrogens (tertiary/aromatic N) is 1. The van der Waals surface area contributed by atoms with Gasteiger partial charge >= 0.3 is 5.97 Å². The number of hydrogen-bond acceptors (Lipinski definition) is 3. The second kappa shape index (κ2) is 7.43. The van der Waals surface area contributed by atoms with Gasteiger partial charge in [0.05, 0.1) is 5.75 Å². The summed E-state index contributed by atoms with van der Waals surface area (Å²) in [6, 6.07) is 0. The summed E-state index contributed by atoms with van der Waals surface area (Å²) in [5.41, 5.74) is 0. The maximum absolute atomic E-state index is 10.0. The molecule has 0 aliphatic heterocycles. The highest BCUT2D eigenvalue weighted by Gasteiger charge is 2.01. The van der Waals surface area contributed by atoms with Crippen LogP contribution in [0.4, 0.5) is 0 Å². The summed E-state index contributed by atoms with van der Waals surface area (Å²) < 4.78 is 0. The summed E-state index contributed by atoms with van der Waals surface area (Å²) in [4.78, 5) is 12.3. The highest BCUT2D eigenvalue weighted by atomic mass is 32.2. The van der Waals surface area contributed by atoms with E-state index in [-0.39, 0.29) is 5.75 Å². The van der Waals surface area contributed by atoms with Gasteiger partial charge in [-0.25, -0.2) is 9.90 Å². The van der Waals surface area contributed by atoms with Crippen molar-refractivity contribution >= 4 is 17.7 Å². The third-order valence-electron chi connectivity index (χ3n) is 1.67. The van der Waals surface area contributed by atoms with Crippen molar-refractivity contribution in [3.05, 3.63) is 0 Å². The van der Waals surface area contributed by atoms with E-state index in [0.717, 1.165) is 25.4 Å². The van der Waals surface area contributed by atoms with Crippen molar-refractivity contribution in [1.82, 2.24) is 4.90 Å². The molecule has 0 saturated carbocycles. The summed E-state index contributed by atoms with van der Waals surface area (Å²) >= 11 is 1.42. The molecule has 0 aromatic heterocycles. The minimum absolute atomic E-state index is 0.112. The molecule has 0 bridgehead atoms. The smallest absolute Gasteiger partial charge is 0.303 e. The maximum Gasteiger partial charge on any atom is 0.365 e. The number of hydrogen-bond donors (Lipinski definition) is 0. The molecule has 12 heavy (non-hydrogen) atoms. The molecule has 0 heterocycles. The second-order valence-corrected chi connectivity index (χ2v) is 3.56. The van der Waals surface area contributed by atoms with Gasteiger partial charge in [0.25, 0.3) is 0 Å². The number of thioether (sulfide) groups is 1. The summed E-state index contributed by atoms with van der Waals surface area (Å²) in [5, 5.41) is 10.0. The fourth-order valence-corrected chi connectivity index (χ4v) is 1.59. The standard InChI is InChI=1S/C8H16NO2S/c1-3-9(4-2)5-6-12-7-8(10)11/h3-7H2,1-2H3. The van der Waals surface area contributed by atoms with Crippen LogP contribution >= 0.6 is 11.8 Å². The highest BCUT2D eigenvalue weighted by Crippen LogP contribution is 2.00. The lowest BCUT2D eigenvalue weighted by atomic mass is 10.5. The molecule has 0 saturated heterocycles. The Hall–Kier alpha value is -0.220. The Bertz CT molecular complexity index is 126. The molecule has 0 N–H and O–H groups in total. The Morgan fingerprint density at radius 3 is 2.33 bits per heavy atom. The first kappa shape index (κ1) is 11.8. The number of carbonyl (C=O) groups excluding carboxylic acids is 1. The van der Waals surface area contributed by atoms with E-state index in [1.165, 1.54) is 11.8 Å². The lowest BCUT2D eigenvalue weighted by Gasteiger charge is -2.16. The van der Waals surface area contributed by atoms with Crippen molar-refractivity contribution in [2.24, 2.45) is 0 Å². The van der Waals surface area contributed by atoms with Gasteiger partial charge in [-0.05, 0) is 13.1 Å². The predicted octanol–water partition coefficient (Wildman–Crippen LogP) is 1.02. The average molecular weight is 190 g/mol. The first-order chi connectivity index (χ1) is 5.70. The largest absolute Gasteiger partial charge is 0.365 e. The number of carbonyl (C=O) groups is 1. The van der Waals surface area contributed by atoms with E-state index in [1.54, 1.807) is 0 Å². The molecule has 0 fully saturated rings. The average Bonchev–Trinajstić information content (AvgIpc) is 2.04. The Morgan fingerprint density at radius 1 is 1.33 bits per heavy atom. The van der Waals surface area contributed by atoms with Crippen molar-refractivity contribution in [3.8, 4) is 0 Å². The summed E-state index contributed by atoms with van der Waals surface area (Å²) in [6.07, 6.45) is 0. The molecular weight excluding hydrogens is 174 g/mol. The maximum atomic E-state index is 10.0. The molecule has 4 heteroatoms. The highest BCUT2D eigenvalue weighted by molar-refractivity contribution is 7.99. The normalized spacial score (nSPS) is 10.6. The molecule has 0 spiro atoms. The molecule has 0 aliphatic carbocycles. The van der Waals surface area contributed by atoms with Gasteiger partial charge in [-0.1, -0.05) is 13.8 Å². The predicted molar refractivity (Wildman–Crippen MR) is 50.8 cm³/mol. The van der Waals surface area contributed by atoms with Gasteiger partial charge in [-0.3, -0.25) is 0 Å². The first-order valence-corrected chi connectivity index (χ1v) is 5.36. The van der Waals surface area contributed by atoms with Crippen molar-refractivity contribution in [3.63, 3.8) is 0 Å². The van der Waals surface area contributed by atoms with Gasteiger partial charge in [0.15, 0.2) is 0 Å². The van der Waals surface area contributed by atoms with E-state index in [9.17, 15) is 9.90 Å². The zero-order chi connectivity index (χ0) is 9.40. The van der Waals surface area contributed by atoms with Gasteiger partial charge in [0, 0.05) is 12.3 Å². The first-order valence-electron chi connectivity index (χ1n) is 4.20. The van der Waals surface area contributed by atoms with E-state index >= 15 is 0 Å². The third kappa shape index (κ3) is 6.49. The van der Waals surface area contributed by atoms with E-state index in [4.69, 9.17) is 0 Å². The summed E-state index contributed by atoms with van der Waals surface area (Å²) in [5.74, 6) is 0.0104. The molecule has 0 amide bonds. The summed E-state index contributed by atoms with van der Waals surface area (Å²) in [6.45, 7) is 7.23. The topological polar surface area (TPSA) is 40.2 Å². The minimum atomic E-state index is -0.973. The van der Waals surface area contributed by atoms with E-state index in [2.05, 4.69) is 18.7 Å². The molecule has 0 rings (SSSR count). The van der Waals surface area contributed by atoms with Crippen LogP contribution in [0.15, 0.2) is 0 Å². The van der Waals surface area contributed by atoms with Crippen molar-refractivity contribution in [2.45, 2.75) is 13.8 Å². The van der Waals surface area contributed by atoms with Gasteiger partial charge in [-0.15, -0.1) is 11.8 Å². The zero-order valence-corrected chi connectivity index (χ0v) is 8.52. The van der Waals surface area contributed by atoms with Crippen LogP contribution in [0.1, 0.15) is 13.8 Å². The summed E-state index contributed by atoms with van der Waals surface area (Å²) in [7, 11) is 0. The molecule has 71 valence electrons. The fraction of sp³-hybridized carbons (Fsp3) is 0.875. The minimum Gasteiger partial charge on any atom is -0.303 e. The van der Waals surface area contributed by atoms with Gasteiger partial charge in [-0.2, -0.15) is 0 Å². The molecular formula is C8H16NO2S. The lowest BCUT2D eigenvalue weighted by Crippen LogP contribution is -2.25. The van der Waals surface area contributed by atoms with Crippen LogP contribution in [0.3, 0.4) is 0 Å². The molecule has 3 nitrogen and oxygen atoms in total. The quantitative estimate of drug-likeness (QED) is 0.563.